The van der Waals surface area contributed by atoms with E-state index in [2.05, 4.69) is 4.90 Å². The minimum absolute atomic E-state index is 0.115. The average Bonchev–Trinajstić information content (AvgIpc) is 3.14. The van der Waals surface area contributed by atoms with Crippen molar-refractivity contribution in [2.75, 3.05) is 44.3 Å². The van der Waals surface area contributed by atoms with Gasteiger partial charge in [-0.2, -0.15) is 0 Å². The maximum atomic E-state index is 13.4. The van der Waals surface area contributed by atoms with Crippen LogP contribution in [0.4, 0.5) is 5.13 Å². The maximum absolute atomic E-state index is 13.4. The molecule has 2 aromatic carbocycles. The topological polar surface area (TPSA) is 45.7 Å². The van der Waals surface area contributed by atoms with Crippen LogP contribution in [0.5, 0.6) is 0 Å². The smallest absolute Gasteiger partial charge is 0.261 e. The molecule has 0 radical (unpaired) electrons. The highest BCUT2D eigenvalue weighted by Crippen LogP contribution is 2.32. The second kappa shape index (κ2) is 8.57. The molecular formula is C21H22ClN3O2S. The fraction of sp³-hybridized carbons (Fsp3) is 0.333. The van der Waals surface area contributed by atoms with Gasteiger partial charge in [-0.15, -0.1) is 0 Å². The number of aromatic nitrogens is 1. The molecule has 7 heteroatoms. The number of morpholine rings is 1. The van der Waals surface area contributed by atoms with E-state index in [0.717, 1.165) is 48.6 Å². The van der Waals surface area contributed by atoms with Crippen LogP contribution in [0.25, 0.3) is 10.2 Å². The highest BCUT2D eigenvalue weighted by atomic mass is 35.5. The van der Waals surface area contributed by atoms with Gasteiger partial charge in [0.05, 0.1) is 34.0 Å². The summed E-state index contributed by atoms with van der Waals surface area (Å²) < 4.78 is 6.51. The van der Waals surface area contributed by atoms with Gasteiger partial charge in [0.25, 0.3) is 5.91 Å². The number of amides is 1. The second-order valence-corrected chi connectivity index (χ2v) is 8.23. The Morgan fingerprint density at radius 2 is 2.00 bits per heavy atom. The second-order valence-electron chi connectivity index (χ2n) is 6.81. The first-order valence-corrected chi connectivity index (χ1v) is 10.6. The highest BCUT2D eigenvalue weighted by Gasteiger charge is 2.24. The van der Waals surface area contributed by atoms with Gasteiger partial charge in [0.1, 0.15) is 0 Å². The van der Waals surface area contributed by atoms with E-state index in [1.165, 1.54) is 0 Å². The van der Waals surface area contributed by atoms with Gasteiger partial charge in [-0.25, -0.2) is 4.98 Å². The normalized spacial score (nSPS) is 15.1. The summed E-state index contributed by atoms with van der Waals surface area (Å²) in [5, 5.41) is 1.17. The Kier molecular flexibility index (Phi) is 5.92. The van der Waals surface area contributed by atoms with E-state index in [0.29, 0.717) is 22.3 Å². The van der Waals surface area contributed by atoms with Gasteiger partial charge in [0.2, 0.25) is 0 Å². The number of aryl methyl sites for hydroxylation is 1. The van der Waals surface area contributed by atoms with Crippen molar-refractivity contribution in [1.29, 1.82) is 0 Å². The van der Waals surface area contributed by atoms with Crippen LogP contribution in [-0.4, -0.2) is 55.2 Å². The fourth-order valence-electron chi connectivity index (χ4n) is 3.32. The zero-order valence-electron chi connectivity index (χ0n) is 15.7. The van der Waals surface area contributed by atoms with Crippen LogP contribution >= 0.6 is 22.9 Å². The van der Waals surface area contributed by atoms with Crippen molar-refractivity contribution in [3.8, 4) is 0 Å². The first-order chi connectivity index (χ1) is 13.6. The van der Waals surface area contributed by atoms with E-state index in [4.69, 9.17) is 21.3 Å². The summed E-state index contributed by atoms with van der Waals surface area (Å²) in [5.41, 5.74) is 2.56. The number of carbonyl (C=O) groups excluding carboxylic acids is 1. The van der Waals surface area contributed by atoms with Gasteiger partial charge in [-0.05, 0) is 30.7 Å². The first kappa shape index (κ1) is 19.3. The number of hydrogen-bond donors (Lipinski definition) is 0. The van der Waals surface area contributed by atoms with Gasteiger partial charge in [0, 0.05) is 26.2 Å². The van der Waals surface area contributed by atoms with Crippen LogP contribution in [0, 0.1) is 6.92 Å². The lowest BCUT2D eigenvalue weighted by atomic mass is 10.2. The van der Waals surface area contributed by atoms with Gasteiger partial charge < -0.3 is 4.74 Å². The molecule has 0 spiro atoms. The first-order valence-electron chi connectivity index (χ1n) is 9.36. The van der Waals surface area contributed by atoms with Crippen molar-refractivity contribution in [3.63, 3.8) is 0 Å². The Hall–Kier alpha value is -1.99. The number of carbonyl (C=O) groups is 1. The molecule has 2 heterocycles. The molecule has 28 heavy (non-hydrogen) atoms. The van der Waals surface area contributed by atoms with E-state index in [-0.39, 0.29) is 5.91 Å². The number of anilines is 1. The molecule has 0 saturated carbocycles. The predicted molar refractivity (Wildman–Crippen MR) is 115 cm³/mol. The van der Waals surface area contributed by atoms with Crippen LogP contribution in [0.1, 0.15) is 15.9 Å². The minimum Gasteiger partial charge on any atom is -0.379 e. The summed E-state index contributed by atoms with van der Waals surface area (Å²) in [4.78, 5) is 22.2. The van der Waals surface area contributed by atoms with E-state index < -0.39 is 0 Å². The molecule has 5 nitrogen and oxygen atoms in total. The van der Waals surface area contributed by atoms with Gasteiger partial charge in [0.15, 0.2) is 5.13 Å². The summed E-state index contributed by atoms with van der Waals surface area (Å²) in [7, 11) is 0. The number of halogens is 1. The maximum Gasteiger partial charge on any atom is 0.261 e. The van der Waals surface area contributed by atoms with Crippen molar-refractivity contribution in [2.45, 2.75) is 6.92 Å². The third kappa shape index (κ3) is 4.05. The standard InChI is InChI=1S/C21H22ClN3O2S/c1-15-5-4-8-18-19(15)23-21(28-18)25(10-9-24-11-13-27-14-12-24)20(26)16-6-2-3-7-17(16)22/h2-8H,9-14H2,1H3. The van der Waals surface area contributed by atoms with Crippen LogP contribution in [0.2, 0.25) is 5.02 Å². The van der Waals surface area contributed by atoms with Crippen molar-refractivity contribution >= 4 is 44.2 Å². The summed E-state index contributed by atoms with van der Waals surface area (Å²) in [6.07, 6.45) is 0. The van der Waals surface area contributed by atoms with Gasteiger partial charge in [-0.1, -0.05) is 47.2 Å². The molecule has 1 aromatic heterocycles. The number of hydrogen-bond acceptors (Lipinski definition) is 5. The molecule has 1 saturated heterocycles. The lowest BCUT2D eigenvalue weighted by Crippen LogP contribution is -2.43. The van der Waals surface area contributed by atoms with E-state index in [1.54, 1.807) is 28.4 Å². The monoisotopic (exact) mass is 415 g/mol. The predicted octanol–water partition coefficient (Wildman–Crippen LogP) is 4.24. The number of para-hydroxylation sites is 1. The molecule has 0 unspecified atom stereocenters. The Balaban J connectivity index is 1.66. The van der Waals surface area contributed by atoms with Crippen LogP contribution < -0.4 is 4.90 Å². The summed E-state index contributed by atoms with van der Waals surface area (Å²) in [6, 6.07) is 13.3. The van der Waals surface area contributed by atoms with Crippen molar-refractivity contribution in [1.82, 2.24) is 9.88 Å². The quantitative estimate of drug-likeness (QED) is 0.625. The Labute approximate surface area is 173 Å². The fourth-order valence-corrected chi connectivity index (χ4v) is 4.60. The number of nitrogens with zero attached hydrogens (tertiary/aromatic N) is 3. The largest absolute Gasteiger partial charge is 0.379 e. The molecule has 1 amide bonds. The zero-order chi connectivity index (χ0) is 19.5. The van der Waals surface area contributed by atoms with Crippen molar-refractivity contribution < 1.29 is 9.53 Å². The number of thiazole rings is 1. The number of rotatable bonds is 5. The summed E-state index contributed by atoms with van der Waals surface area (Å²) in [5.74, 6) is -0.115. The molecule has 0 aliphatic carbocycles. The third-order valence-corrected chi connectivity index (χ3v) is 6.31. The Morgan fingerprint density at radius 3 is 2.75 bits per heavy atom. The van der Waals surface area contributed by atoms with Crippen molar-refractivity contribution in [3.05, 3.63) is 58.6 Å². The number of fused-ring (bicyclic) bond motifs is 1. The van der Waals surface area contributed by atoms with Crippen LogP contribution in [-0.2, 0) is 4.74 Å². The zero-order valence-corrected chi connectivity index (χ0v) is 17.3. The minimum atomic E-state index is -0.115. The summed E-state index contributed by atoms with van der Waals surface area (Å²) >= 11 is 7.85. The van der Waals surface area contributed by atoms with E-state index in [1.807, 2.05) is 37.3 Å². The molecular weight excluding hydrogens is 394 g/mol. The third-order valence-electron chi connectivity index (χ3n) is 4.93. The SMILES string of the molecule is Cc1cccc2sc(N(CCN3CCOCC3)C(=O)c3ccccc3Cl)nc12. The Bertz CT molecular complexity index is 985. The van der Waals surface area contributed by atoms with E-state index in [9.17, 15) is 4.79 Å². The molecule has 1 aliphatic heterocycles. The molecule has 3 aromatic rings. The van der Waals surface area contributed by atoms with Crippen molar-refractivity contribution in [2.24, 2.45) is 0 Å². The molecule has 4 rings (SSSR count). The highest BCUT2D eigenvalue weighted by molar-refractivity contribution is 7.22. The molecule has 0 atom stereocenters. The molecule has 0 N–H and O–H groups in total. The van der Waals surface area contributed by atoms with Gasteiger partial charge >= 0.3 is 0 Å². The lowest BCUT2D eigenvalue weighted by molar-refractivity contribution is 0.0391. The Morgan fingerprint density at radius 1 is 1.21 bits per heavy atom. The van der Waals surface area contributed by atoms with E-state index >= 15 is 0 Å². The molecule has 0 bridgehead atoms. The van der Waals surface area contributed by atoms with Gasteiger partial charge in [-0.3, -0.25) is 14.6 Å². The summed E-state index contributed by atoms with van der Waals surface area (Å²) in [6.45, 7) is 6.61. The lowest BCUT2D eigenvalue weighted by Gasteiger charge is -2.29. The number of benzene rings is 2. The molecule has 146 valence electrons. The molecule has 1 aliphatic rings. The van der Waals surface area contributed by atoms with Crippen LogP contribution in [0.15, 0.2) is 42.5 Å². The molecule has 1 fully saturated rings. The average molecular weight is 416 g/mol. The van der Waals surface area contributed by atoms with Crippen LogP contribution in [0.3, 0.4) is 0 Å². The number of ether oxygens (including phenoxy) is 1.